The van der Waals surface area contributed by atoms with Crippen LogP contribution in [-0.4, -0.2) is 13.1 Å². The standard InChI is InChI=1S/C11H22N2/c1-4-5-6-7-11(2,3)10-13-9-8-12/h13H,4-7,9-10H2,1-3H3. The first kappa shape index (κ1) is 12.4. The van der Waals surface area contributed by atoms with Crippen molar-refractivity contribution in [3.8, 4) is 6.07 Å². The van der Waals surface area contributed by atoms with Gasteiger partial charge in [-0.15, -0.1) is 0 Å². The highest BCUT2D eigenvalue weighted by Crippen LogP contribution is 2.22. The van der Waals surface area contributed by atoms with Crippen LogP contribution < -0.4 is 5.32 Å². The summed E-state index contributed by atoms with van der Waals surface area (Å²) in [6.45, 7) is 8.16. The maximum absolute atomic E-state index is 8.36. The number of hydrogen-bond donors (Lipinski definition) is 1. The average Bonchev–Trinajstić information content (AvgIpc) is 2.05. The Hall–Kier alpha value is -0.550. The van der Waals surface area contributed by atoms with E-state index in [1.165, 1.54) is 25.7 Å². The maximum atomic E-state index is 8.36. The molecule has 76 valence electrons. The van der Waals surface area contributed by atoms with E-state index in [0.717, 1.165) is 6.54 Å². The van der Waals surface area contributed by atoms with Gasteiger partial charge in [0.2, 0.25) is 0 Å². The highest BCUT2D eigenvalue weighted by atomic mass is 14.9. The van der Waals surface area contributed by atoms with Crippen LogP contribution in [0.5, 0.6) is 0 Å². The molecule has 0 aliphatic rings. The van der Waals surface area contributed by atoms with Crippen LogP contribution in [-0.2, 0) is 0 Å². The maximum Gasteiger partial charge on any atom is 0.0841 e. The molecule has 2 heteroatoms. The lowest BCUT2D eigenvalue weighted by Crippen LogP contribution is -2.29. The Bertz CT molecular complexity index is 156. The van der Waals surface area contributed by atoms with Crippen LogP contribution >= 0.6 is 0 Å². The number of hydrogen-bond acceptors (Lipinski definition) is 2. The smallest absolute Gasteiger partial charge is 0.0841 e. The molecule has 0 atom stereocenters. The predicted molar refractivity (Wildman–Crippen MR) is 56.4 cm³/mol. The zero-order chi connectivity index (χ0) is 10.2. The van der Waals surface area contributed by atoms with Crippen LogP contribution in [0.25, 0.3) is 0 Å². The minimum atomic E-state index is 0.339. The van der Waals surface area contributed by atoms with E-state index in [4.69, 9.17) is 5.26 Å². The third kappa shape index (κ3) is 7.80. The summed E-state index contributed by atoms with van der Waals surface area (Å²) >= 11 is 0. The number of nitriles is 1. The molecular formula is C11H22N2. The second-order valence-corrected chi connectivity index (χ2v) is 4.38. The van der Waals surface area contributed by atoms with E-state index >= 15 is 0 Å². The quantitative estimate of drug-likeness (QED) is 0.485. The van der Waals surface area contributed by atoms with E-state index in [9.17, 15) is 0 Å². The minimum absolute atomic E-state index is 0.339. The van der Waals surface area contributed by atoms with Gasteiger partial charge in [0.05, 0.1) is 12.6 Å². The van der Waals surface area contributed by atoms with Crippen LogP contribution in [0.3, 0.4) is 0 Å². The minimum Gasteiger partial charge on any atom is -0.304 e. The molecule has 0 aliphatic carbocycles. The second-order valence-electron chi connectivity index (χ2n) is 4.38. The molecule has 0 aromatic carbocycles. The summed E-state index contributed by atoms with van der Waals surface area (Å²) in [5.41, 5.74) is 0.339. The summed E-state index contributed by atoms with van der Waals surface area (Å²) in [6, 6.07) is 2.10. The van der Waals surface area contributed by atoms with Crippen LogP contribution in [0.2, 0.25) is 0 Å². The predicted octanol–water partition coefficient (Wildman–Crippen LogP) is 2.71. The molecule has 0 fully saturated rings. The molecular weight excluding hydrogens is 160 g/mol. The first-order valence-electron chi connectivity index (χ1n) is 5.20. The van der Waals surface area contributed by atoms with Crippen molar-refractivity contribution in [1.29, 1.82) is 5.26 Å². The van der Waals surface area contributed by atoms with Gasteiger partial charge in [0.25, 0.3) is 0 Å². The van der Waals surface area contributed by atoms with Gasteiger partial charge in [-0.05, 0) is 11.8 Å². The summed E-state index contributed by atoms with van der Waals surface area (Å²) in [5, 5.41) is 11.5. The monoisotopic (exact) mass is 182 g/mol. The lowest BCUT2D eigenvalue weighted by atomic mass is 9.87. The molecule has 0 radical (unpaired) electrons. The van der Waals surface area contributed by atoms with E-state index in [1.54, 1.807) is 0 Å². The Labute approximate surface area is 82.3 Å². The average molecular weight is 182 g/mol. The molecule has 0 saturated carbocycles. The van der Waals surface area contributed by atoms with Gasteiger partial charge in [-0.3, -0.25) is 0 Å². The Balaban J connectivity index is 3.49. The lowest BCUT2D eigenvalue weighted by Gasteiger charge is -2.24. The molecule has 0 amide bonds. The van der Waals surface area contributed by atoms with Gasteiger partial charge in [0, 0.05) is 6.54 Å². The van der Waals surface area contributed by atoms with Crippen molar-refractivity contribution in [3.05, 3.63) is 0 Å². The van der Waals surface area contributed by atoms with Gasteiger partial charge in [-0.25, -0.2) is 0 Å². The molecule has 2 nitrogen and oxygen atoms in total. The van der Waals surface area contributed by atoms with Gasteiger partial charge < -0.3 is 5.32 Å². The number of nitrogens with one attached hydrogen (secondary N) is 1. The number of unbranched alkanes of at least 4 members (excludes halogenated alkanes) is 2. The molecule has 0 aromatic heterocycles. The molecule has 13 heavy (non-hydrogen) atoms. The Morgan fingerprint density at radius 2 is 2.00 bits per heavy atom. The van der Waals surface area contributed by atoms with Gasteiger partial charge in [-0.2, -0.15) is 5.26 Å². The summed E-state index contributed by atoms with van der Waals surface area (Å²) in [7, 11) is 0. The second kappa shape index (κ2) is 6.91. The normalized spacial score (nSPS) is 11.2. The first-order chi connectivity index (χ1) is 6.12. The lowest BCUT2D eigenvalue weighted by molar-refractivity contribution is 0.308. The van der Waals surface area contributed by atoms with Crippen molar-refractivity contribution in [2.45, 2.75) is 46.5 Å². The van der Waals surface area contributed by atoms with Crippen LogP contribution in [0, 0.1) is 16.7 Å². The number of rotatable bonds is 7. The largest absolute Gasteiger partial charge is 0.304 e. The van der Waals surface area contributed by atoms with Crippen LogP contribution in [0.4, 0.5) is 0 Å². The molecule has 0 saturated heterocycles. The van der Waals surface area contributed by atoms with Crippen molar-refractivity contribution >= 4 is 0 Å². The molecule has 0 unspecified atom stereocenters. The molecule has 0 aliphatic heterocycles. The van der Waals surface area contributed by atoms with Crippen molar-refractivity contribution < 1.29 is 0 Å². The molecule has 0 spiro atoms. The van der Waals surface area contributed by atoms with Gasteiger partial charge >= 0.3 is 0 Å². The Morgan fingerprint density at radius 3 is 2.54 bits per heavy atom. The van der Waals surface area contributed by atoms with Gasteiger partial charge in [0.15, 0.2) is 0 Å². The fourth-order valence-corrected chi connectivity index (χ4v) is 1.40. The van der Waals surface area contributed by atoms with E-state index in [2.05, 4.69) is 32.2 Å². The topological polar surface area (TPSA) is 35.8 Å². The summed E-state index contributed by atoms with van der Waals surface area (Å²) in [4.78, 5) is 0. The van der Waals surface area contributed by atoms with Crippen LogP contribution in [0.1, 0.15) is 46.5 Å². The van der Waals surface area contributed by atoms with Crippen molar-refractivity contribution in [2.75, 3.05) is 13.1 Å². The SMILES string of the molecule is CCCCCC(C)(C)CNCC#N. The van der Waals surface area contributed by atoms with Crippen molar-refractivity contribution in [1.82, 2.24) is 5.32 Å². The third-order valence-electron chi connectivity index (χ3n) is 2.26. The zero-order valence-electron chi connectivity index (χ0n) is 9.19. The zero-order valence-corrected chi connectivity index (χ0v) is 9.19. The van der Waals surface area contributed by atoms with E-state index in [1.807, 2.05) is 0 Å². The molecule has 0 bridgehead atoms. The van der Waals surface area contributed by atoms with Crippen molar-refractivity contribution in [3.63, 3.8) is 0 Å². The van der Waals surface area contributed by atoms with E-state index < -0.39 is 0 Å². The van der Waals surface area contributed by atoms with E-state index in [-0.39, 0.29) is 0 Å². The number of nitrogens with zero attached hydrogens (tertiary/aromatic N) is 1. The van der Waals surface area contributed by atoms with E-state index in [0.29, 0.717) is 12.0 Å². The van der Waals surface area contributed by atoms with Crippen LogP contribution in [0.15, 0.2) is 0 Å². The van der Waals surface area contributed by atoms with Crippen molar-refractivity contribution in [2.24, 2.45) is 5.41 Å². The highest BCUT2D eigenvalue weighted by molar-refractivity contribution is 4.77. The van der Waals surface area contributed by atoms with Gasteiger partial charge in [-0.1, -0.05) is 40.0 Å². The molecule has 1 N–H and O–H groups in total. The Kier molecular flexibility index (Phi) is 6.62. The summed E-state index contributed by atoms with van der Waals surface area (Å²) < 4.78 is 0. The first-order valence-corrected chi connectivity index (χ1v) is 5.20. The third-order valence-corrected chi connectivity index (χ3v) is 2.26. The molecule has 0 rings (SSSR count). The van der Waals surface area contributed by atoms with Gasteiger partial charge in [0.1, 0.15) is 0 Å². The molecule has 0 heterocycles. The fraction of sp³-hybridized carbons (Fsp3) is 0.909. The summed E-state index contributed by atoms with van der Waals surface area (Å²) in [6.07, 6.45) is 5.15. The molecule has 0 aromatic rings. The highest BCUT2D eigenvalue weighted by Gasteiger charge is 2.15. The summed E-state index contributed by atoms with van der Waals surface area (Å²) in [5.74, 6) is 0. The fourth-order valence-electron chi connectivity index (χ4n) is 1.40. The Morgan fingerprint density at radius 1 is 1.31 bits per heavy atom.